The Hall–Kier alpha value is -4.19. The van der Waals surface area contributed by atoms with Crippen molar-refractivity contribution in [3.63, 3.8) is 0 Å². The Labute approximate surface area is 172 Å². The Morgan fingerprint density at radius 1 is 1.00 bits per heavy atom. The van der Waals surface area contributed by atoms with Gasteiger partial charge in [-0.15, -0.1) is 0 Å². The molecule has 5 aromatic rings. The lowest BCUT2D eigenvalue weighted by Gasteiger charge is -2.09. The van der Waals surface area contributed by atoms with Gasteiger partial charge in [0.05, 0.1) is 11.2 Å². The molecule has 0 aliphatic carbocycles. The van der Waals surface area contributed by atoms with Crippen LogP contribution in [0.1, 0.15) is 16.1 Å². The van der Waals surface area contributed by atoms with E-state index >= 15 is 0 Å². The van der Waals surface area contributed by atoms with Gasteiger partial charge in [0, 0.05) is 35.2 Å². The quantitative estimate of drug-likeness (QED) is 0.469. The molecule has 6 nitrogen and oxygen atoms in total. The number of amides is 1. The molecule has 0 aliphatic heterocycles. The number of nitrogens with zero attached hydrogens (tertiary/aromatic N) is 3. The number of hydrogen-bond donors (Lipinski definition) is 1. The second-order valence-electron chi connectivity index (χ2n) is 6.88. The van der Waals surface area contributed by atoms with Crippen molar-refractivity contribution in [2.75, 3.05) is 5.32 Å². The zero-order valence-electron chi connectivity index (χ0n) is 16.0. The summed E-state index contributed by atoms with van der Waals surface area (Å²) in [5.41, 5.74) is 3.82. The molecule has 3 aromatic heterocycles. The lowest BCUT2D eigenvalue weighted by Crippen LogP contribution is -2.12. The summed E-state index contributed by atoms with van der Waals surface area (Å²) in [7, 11) is 0. The van der Waals surface area contributed by atoms with Crippen molar-refractivity contribution in [2.45, 2.75) is 6.61 Å². The summed E-state index contributed by atoms with van der Waals surface area (Å²) in [5.74, 6) is 0.416. The molecule has 3 heterocycles. The van der Waals surface area contributed by atoms with Crippen LogP contribution in [0.4, 0.5) is 5.69 Å². The first-order chi connectivity index (χ1) is 14.7. The number of anilines is 1. The van der Waals surface area contributed by atoms with Crippen molar-refractivity contribution in [2.24, 2.45) is 0 Å². The average molecular weight is 394 g/mol. The SMILES string of the molecule is O=C(Nc1ccc2ncccc2c1)c1cccc(OCc2cn3ccccc3n2)c1. The van der Waals surface area contributed by atoms with Gasteiger partial charge in [0.2, 0.25) is 0 Å². The van der Waals surface area contributed by atoms with E-state index in [1.165, 1.54) is 0 Å². The number of aromatic nitrogens is 3. The lowest BCUT2D eigenvalue weighted by atomic mass is 10.1. The summed E-state index contributed by atoms with van der Waals surface area (Å²) in [6, 6.07) is 22.4. The third-order valence-electron chi connectivity index (χ3n) is 4.76. The number of imidazole rings is 1. The van der Waals surface area contributed by atoms with E-state index in [0.717, 1.165) is 27.9 Å². The van der Waals surface area contributed by atoms with Crippen LogP contribution < -0.4 is 10.1 Å². The fourth-order valence-corrected chi connectivity index (χ4v) is 3.30. The number of ether oxygens (including phenoxy) is 1. The first-order valence-corrected chi connectivity index (χ1v) is 9.56. The zero-order chi connectivity index (χ0) is 20.3. The molecule has 0 saturated carbocycles. The number of carbonyl (C=O) groups is 1. The summed E-state index contributed by atoms with van der Waals surface area (Å²) >= 11 is 0. The summed E-state index contributed by atoms with van der Waals surface area (Å²) in [6.45, 7) is 0.324. The van der Waals surface area contributed by atoms with Gasteiger partial charge in [0.15, 0.2) is 0 Å². The molecule has 5 rings (SSSR count). The van der Waals surface area contributed by atoms with Gasteiger partial charge in [0.1, 0.15) is 18.0 Å². The number of carbonyl (C=O) groups excluding carboxylic acids is 1. The van der Waals surface area contributed by atoms with E-state index in [1.54, 1.807) is 24.4 Å². The van der Waals surface area contributed by atoms with E-state index < -0.39 is 0 Å². The van der Waals surface area contributed by atoms with E-state index in [2.05, 4.69) is 15.3 Å². The highest BCUT2D eigenvalue weighted by Gasteiger charge is 2.09. The van der Waals surface area contributed by atoms with Gasteiger partial charge in [-0.3, -0.25) is 9.78 Å². The standard InChI is InChI=1S/C24H18N4O2/c29-24(27-19-9-10-22-17(13-19)6-4-11-25-22)18-5-3-7-21(14-18)30-16-20-15-28-12-2-1-8-23(28)26-20/h1-15H,16H2,(H,27,29). The van der Waals surface area contributed by atoms with Crippen LogP contribution in [0, 0.1) is 0 Å². The molecule has 0 fully saturated rings. The number of fused-ring (bicyclic) bond motifs is 2. The maximum absolute atomic E-state index is 12.7. The van der Waals surface area contributed by atoms with Crippen LogP contribution in [-0.4, -0.2) is 20.3 Å². The number of rotatable bonds is 5. The average Bonchev–Trinajstić information content (AvgIpc) is 3.21. The molecule has 0 aliphatic rings. The normalized spacial score (nSPS) is 10.9. The molecule has 2 aromatic carbocycles. The number of nitrogens with one attached hydrogen (secondary N) is 1. The molecule has 30 heavy (non-hydrogen) atoms. The first-order valence-electron chi connectivity index (χ1n) is 9.56. The molecule has 0 spiro atoms. The highest BCUT2D eigenvalue weighted by Crippen LogP contribution is 2.20. The monoisotopic (exact) mass is 394 g/mol. The number of benzene rings is 2. The minimum Gasteiger partial charge on any atom is -0.487 e. The Balaban J connectivity index is 1.29. The van der Waals surface area contributed by atoms with Crippen molar-refractivity contribution in [1.82, 2.24) is 14.4 Å². The molecule has 0 atom stereocenters. The number of hydrogen-bond acceptors (Lipinski definition) is 4. The van der Waals surface area contributed by atoms with Gasteiger partial charge < -0.3 is 14.5 Å². The third-order valence-corrected chi connectivity index (χ3v) is 4.76. The Kier molecular flexibility index (Phi) is 4.57. The van der Waals surface area contributed by atoms with E-state index in [9.17, 15) is 4.79 Å². The lowest BCUT2D eigenvalue weighted by molar-refractivity contribution is 0.102. The van der Waals surface area contributed by atoms with Crippen LogP contribution in [0.25, 0.3) is 16.6 Å². The molecule has 6 heteroatoms. The summed E-state index contributed by atoms with van der Waals surface area (Å²) in [6.07, 6.45) is 5.62. The molecule has 0 bridgehead atoms. The topological polar surface area (TPSA) is 68.5 Å². The predicted molar refractivity (Wildman–Crippen MR) is 116 cm³/mol. The highest BCUT2D eigenvalue weighted by molar-refractivity contribution is 6.05. The molecule has 0 radical (unpaired) electrons. The smallest absolute Gasteiger partial charge is 0.255 e. The fraction of sp³-hybridized carbons (Fsp3) is 0.0417. The second kappa shape index (κ2) is 7.67. The van der Waals surface area contributed by atoms with E-state index in [-0.39, 0.29) is 5.91 Å². The minimum absolute atomic E-state index is 0.198. The number of pyridine rings is 2. The van der Waals surface area contributed by atoms with Crippen molar-refractivity contribution < 1.29 is 9.53 Å². The van der Waals surface area contributed by atoms with Crippen LogP contribution in [0.15, 0.2) is 91.4 Å². The zero-order valence-corrected chi connectivity index (χ0v) is 16.0. The third kappa shape index (κ3) is 3.71. The Bertz CT molecular complexity index is 1330. The highest BCUT2D eigenvalue weighted by atomic mass is 16.5. The summed E-state index contributed by atoms with van der Waals surface area (Å²) in [5, 5.41) is 3.90. The summed E-state index contributed by atoms with van der Waals surface area (Å²) in [4.78, 5) is 21.5. The molecule has 0 unspecified atom stereocenters. The predicted octanol–water partition coefficient (Wildman–Crippen LogP) is 4.71. The Morgan fingerprint density at radius 3 is 2.90 bits per heavy atom. The largest absolute Gasteiger partial charge is 0.487 e. The van der Waals surface area contributed by atoms with Crippen molar-refractivity contribution in [1.29, 1.82) is 0 Å². The van der Waals surface area contributed by atoms with Crippen LogP contribution in [0.5, 0.6) is 5.75 Å². The van der Waals surface area contributed by atoms with Gasteiger partial charge in [-0.1, -0.05) is 18.2 Å². The summed E-state index contributed by atoms with van der Waals surface area (Å²) < 4.78 is 7.80. The molecule has 1 amide bonds. The van der Waals surface area contributed by atoms with Crippen LogP contribution >= 0.6 is 0 Å². The van der Waals surface area contributed by atoms with Crippen molar-refractivity contribution in [3.8, 4) is 5.75 Å². The van der Waals surface area contributed by atoms with Gasteiger partial charge in [-0.2, -0.15) is 0 Å². The molecule has 1 N–H and O–H groups in total. The van der Waals surface area contributed by atoms with Gasteiger partial charge in [-0.05, 0) is 54.6 Å². The van der Waals surface area contributed by atoms with Crippen LogP contribution in [-0.2, 0) is 6.61 Å². The van der Waals surface area contributed by atoms with Gasteiger partial charge in [0.25, 0.3) is 5.91 Å². The van der Waals surface area contributed by atoms with Gasteiger partial charge >= 0.3 is 0 Å². The minimum atomic E-state index is -0.198. The second-order valence-corrected chi connectivity index (χ2v) is 6.88. The molecule has 146 valence electrons. The molecular formula is C24H18N4O2. The first kappa shape index (κ1) is 17.9. The Morgan fingerprint density at radius 2 is 1.97 bits per heavy atom. The van der Waals surface area contributed by atoms with Gasteiger partial charge in [-0.25, -0.2) is 4.98 Å². The molecular weight excluding hydrogens is 376 g/mol. The maximum Gasteiger partial charge on any atom is 0.255 e. The molecule has 0 saturated heterocycles. The van der Waals surface area contributed by atoms with Crippen molar-refractivity contribution >= 4 is 28.1 Å². The van der Waals surface area contributed by atoms with E-state index in [4.69, 9.17) is 4.74 Å². The van der Waals surface area contributed by atoms with E-state index in [0.29, 0.717) is 17.9 Å². The maximum atomic E-state index is 12.7. The fourth-order valence-electron chi connectivity index (χ4n) is 3.30. The van der Waals surface area contributed by atoms with Crippen molar-refractivity contribution in [3.05, 3.63) is 103 Å². The van der Waals surface area contributed by atoms with E-state index in [1.807, 2.05) is 71.4 Å². The van der Waals surface area contributed by atoms with Crippen LogP contribution in [0.2, 0.25) is 0 Å². The van der Waals surface area contributed by atoms with Crippen LogP contribution in [0.3, 0.4) is 0 Å².